The van der Waals surface area contributed by atoms with Crippen molar-refractivity contribution in [1.82, 2.24) is 14.9 Å². The summed E-state index contributed by atoms with van der Waals surface area (Å²) in [7, 11) is 0. The third-order valence-corrected chi connectivity index (χ3v) is 7.59. The molecule has 0 bridgehead atoms. The largest absolute Gasteiger partial charge is 0.351 e. The molecule has 0 unspecified atom stereocenters. The fourth-order valence-corrected chi connectivity index (χ4v) is 5.74. The van der Waals surface area contributed by atoms with Crippen molar-refractivity contribution in [3.05, 3.63) is 112 Å². The van der Waals surface area contributed by atoms with Gasteiger partial charge < -0.3 is 14.8 Å². The second-order valence-corrected chi connectivity index (χ2v) is 9.87. The van der Waals surface area contributed by atoms with Gasteiger partial charge >= 0.3 is 0 Å². The zero-order valence-electron chi connectivity index (χ0n) is 19.5. The van der Waals surface area contributed by atoms with Crippen molar-refractivity contribution in [2.45, 2.75) is 39.3 Å². The Bertz CT molecular complexity index is 1330. The van der Waals surface area contributed by atoms with Gasteiger partial charge in [0.15, 0.2) is 5.11 Å². The molecule has 6 heteroatoms. The maximum absolute atomic E-state index is 5.91. The molecule has 1 saturated heterocycles. The van der Waals surface area contributed by atoms with E-state index in [1.165, 1.54) is 22.5 Å². The average molecular weight is 532 g/mol. The molecule has 4 aromatic rings. The van der Waals surface area contributed by atoms with Gasteiger partial charge in [-0.15, -0.1) is 0 Å². The highest BCUT2D eigenvalue weighted by atomic mass is 79.9. The van der Waals surface area contributed by atoms with Crippen LogP contribution < -0.4 is 10.2 Å². The van der Waals surface area contributed by atoms with Gasteiger partial charge in [-0.25, -0.2) is 0 Å². The number of para-hydroxylation sites is 1. The number of pyridine rings is 1. The molecule has 0 radical (unpaired) electrons. The molecule has 1 fully saturated rings. The monoisotopic (exact) mass is 530 g/mol. The van der Waals surface area contributed by atoms with Gasteiger partial charge in [0.05, 0.1) is 23.5 Å². The number of hydrogen-bond donors (Lipinski definition) is 1. The minimum atomic E-state index is -0.0623. The first kappa shape index (κ1) is 22.8. The molecular formula is C28H27BrN4S. The molecule has 34 heavy (non-hydrogen) atoms. The van der Waals surface area contributed by atoms with E-state index < -0.39 is 0 Å². The van der Waals surface area contributed by atoms with Gasteiger partial charge in [0.1, 0.15) is 0 Å². The summed E-state index contributed by atoms with van der Waals surface area (Å²) in [5, 5.41) is 4.30. The molecule has 2 aromatic carbocycles. The number of aryl methyl sites for hydroxylation is 2. The van der Waals surface area contributed by atoms with Crippen LogP contribution in [0.4, 0.5) is 5.69 Å². The van der Waals surface area contributed by atoms with E-state index in [4.69, 9.17) is 17.2 Å². The van der Waals surface area contributed by atoms with Crippen LogP contribution in [-0.4, -0.2) is 14.7 Å². The minimum Gasteiger partial charge on any atom is -0.351 e. The standard InChI is InChI=1S/C28H27BrN4S/c1-4-20-12-14-21(15-13-20)33-27(26(31-28(33)34)24-10-7-8-16-30-24)22-17-18(2)32(19(22)3)25-11-6-5-9-23(25)29/h5-17,26-27H,4H2,1-3H3,(H,31,34)/t26-,27-/m1/s1. The van der Waals surface area contributed by atoms with Gasteiger partial charge in [-0.3, -0.25) is 4.98 Å². The molecule has 5 rings (SSSR count). The lowest BCUT2D eigenvalue weighted by molar-refractivity contribution is 0.565. The van der Waals surface area contributed by atoms with E-state index in [2.05, 4.69) is 106 Å². The first-order valence-corrected chi connectivity index (χ1v) is 12.7. The Morgan fingerprint density at radius 1 is 1.00 bits per heavy atom. The maximum Gasteiger partial charge on any atom is 0.174 e. The summed E-state index contributed by atoms with van der Waals surface area (Å²) in [5.74, 6) is 0. The topological polar surface area (TPSA) is 33.1 Å². The van der Waals surface area contributed by atoms with Crippen molar-refractivity contribution in [1.29, 1.82) is 0 Å². The van der Waals surface area contributed by atoms with Gasteiger partial charge in [-0.05, 0) is 102 Å². The highest BCUT2D eigenvalue weighted by Gasteiger charge is 2.42. The summed E-state index contributed by atoms with van der Waals surface area (Å²) >= 11 is 9.65. The van der Waals surface area contributed by atoms with Crippen LogP contribution in [0.3, 0.4) is 0 Å². The number of hydrogen-bond acceptors (Lipinski definition) is 2. The number of rotatable bonds is 5. The number of halogens is 1. The van der Waals surface area contributed by atoms with E-state index in [9.17, 15) is 0 Å². The first-order valence-electron chi connectivity index (χ1n) is 11.5. The van der Waals surface area contributed by atoms with Crippen LogP contribution >= 0.6 is 28.1 Å². The minimum absolute atomic E-state index is 0.0303. The summed E-state index contributed by atoms with van der Waals surface area (Å²) in [4.78, 5) is 6.94. The van der Waals surface area contributed by atoms with Crippen LogP contribution in [0.15, 0.2) is 83.5 Å². The molecule has 0 amide bonds. The van der Waals surface area contributed by atoms with Crippen molar-refractivity contribution < 1.29 is 0 Å². The van der Waals surface area contributed by atoms with Crippen LogP contribution in [0.25, 0.3) is 5.69 Å². The molecule has 2 aromatic heterocycles. The number of anilines is 1. The molecule has 2 atom stereocenters. The molecule has 4 nitrogen and oxygen atoms in total. The van der Waals surface area contributed by atoms with Crippen molar-refractivity contribution in [2.24, 2.45) is 0 Å². The zero-order chi connectivity index (χ0) is 23.8. The number of nitrogens with one attached hydrogen (secondary N) is 1. The third kappa shape index (κ3) is 3.95. The van der Waals surface area contributed by atoms with Gasteiger partial charge in [-0.2, -0.15) is 0 Å². The van der Waals surface area contributed by atoms with Crippen molar-refractivity contribution in [2.75, 3.05) is 4.90 Å². The molecule has 0 aliphatic carbocycles. The smallest absolute Gasteiger partial charge is 0.174 e. The SMILES string of the molecule is CCc1ccc(N2C(=S)N[C@H](c3ccccn3)[C@H]2c2cc(C)n(-c3ccccc3Br)c2C)cc1. The van der Waals surface area contributed by atoms with Crippen LogP contribution in [0, 0.1) is 13.8 Å². The van der Waals surface area contributed by atoms with E-state index >= 15 is 0 Å². The lowest BCUT2D eigenvalue weighted by Crippen LogP contribution is -2.29. The van der Waals surface area contributed by atoms with E-state index in [-0.39, 0.29) is 12.1 Å². The van der Waals surface area contributed by atoms with Gasteiger partial charge in [-0.1, -0.05) is 37.3 Å². The van der Waals surface area contributed by atoms with Crippen LogP contribution in [0.5, 0.6) is 0 Å². The Morgan fingerprint density at radius 3 is 2.41 bits per heavy atom. The Morgan fingerprint density at radius 2 is 1.74 bits per heavy atom. The fraction of sp³-hybridized carbons (Fsp3) is 0.214. The van der Waals surface area contributed by atoms with E-state index in [1.807, 2.05) is 24.4 Å². The Kier molecular flexibility index (Phi) is 6.28. The Balaban J connectivity index is 1.68. The molecule has 1 aliphatic rings. The van der Waals surface area contributed by atoms with Crippen LogP contribution in [-0.2, 0) is 6.42 Å². The Hall–Kier alpha value is -2.96. The molecular weight excluding hydrogens is 504 g/mol. The predicted molar refractivity (Wildman–Crippen MR) is 147 cm³/mol. The lowest BCUT2D eigenvalue weighted by atomic mass is 9.96. The lowest BCUT2D eigenvalue weighted by Gasteiger charge is -2.28. The number of thiocarbonyl (C=S) groups is 1. The summed E-state index contributed by atoms with van der Waals surface area (Å²) in [6.45, 7) is 6.53. The first-order chi connectivity index (χ1) is 16.5. The molecule has 1 aliphatic heterocycles. The summed E-state index contributed by atoms with van der Waals surface area (Å²) in [6, 6.07) is 25.3. The molecule has 0 spiro atoms. The molecule has 0 saturated carbocycles. The molecule has 1 N–H and O–H groups in total. The maximum atomic E-state index is 5.91. The van der Waals surface area contributed by atoms with Crippen LogP contribution in [0.2, 0.25) is 0 Å². The second-order valence-electron chi connectivity index (χ2n) is 8.63. The summed E-state index contributed by atoms with van der Waals surface area (Å²) in [5.41, 5.74) is 8.11. The number of benzene rings is 2. The van der Waals surface area contributed by atoms with E-state index in [0.29, 0.717) is 0 Å². The van der Waals surface area contributed by atoms with Gasteiger partial charge in [0.2, 0.25) is 0 Å². The predicted octanol–water partition coefficient (Wildman–Crippen LogP) is 6.99. The van der Waals surface area contributed by atoms with Crippen LogP contribution in [0.1, 0.15) is 47.2 Å². The van der Waals surface area contributed by atoms with Crippen molar-refractivity contribution in [3.63, 3.8) is 0 Å². The molecule has 172 valence electrons. The van der Waals surface area contributed by atoms with Gasteiger partial charge in [0, 0.05) is 27.7 Å². The number of nitrogens with zero attached hydrogens (tertiary/aromatic N) is 3. The third-order valence-electron chi connectivity index (χ3n) is 6.60. The number of aromatic nitrogens is 2. The van der Waals surface area contributed by atoms with Crippen molar-refractivity contribution in [3.8, 4) is 5.69 Å². The van der Waals surface area contributed by atoms with E-state index in [1.54, 1.807) is 0 Å². The quantitative estimate of drug-likeness (QED) is 0.282. The molecule has 3 heterocycles. The van der Waals surface area contributed by atoms with E-state index in [0.717, 1.165) is 33.1 Å². The highest BCUT2D eigenvalue weighted by molar-refractivity contribution is 9.10. The zero-order valence-corrected chi connectivity index (χ0v) is 21.9. The van der Waals surface area contributed by atoms with Crippen molar-refractivity contribution >= 4 is 38.9 Å². The summed E-state index contributed by atoms with van der Waals surface area (Å²) in [6.07, 6.45) is 2.86. The normalized spacial score (nSPS) is 17.8. The second kappa shape index (κ2) is 9.35. The fourth-order valence-electron chi connectivity index (χ4n) is 4.93. The highest BCUT2D eigenvalue weighted by Crippen LogP contribution is 2.44. The Labute approximate surface area is 214 Å². The summed E-state index contributed by atoms with van der Waals surface area (Å²) < 4.78 is 3.38. The van der Waals surface area contributed by atoms with Gasteiger partial charge in [0.25, 0.3) is 0 Å². The average Bonchev–Trinajstić information content (AvgIpc) is 3.35.